The van der Waals surface area contributed by atoms with E-state index < -0.39 is 17.9 Å². The summed E-state index contributed by atoms with van der Waals surface area (Å²) in [4.78, 5) is 30.1. The number of unbranched alkanes of at least 4 members (excludes halogenated alkanes) is 1. The summed E-state index contributed by atoms with van der Waals surface area (Å²) in [6.45, 7) is 5.03. The lowest BCUT2D eigenvalue weighted by Crippen LogP contribution is -2.38. The number of nitrogens with zero attached hydrogens (tertiary/aromatic N) is 2. The number of aliphatic carboxylic acids is 1. The van der Waals surface area contributed by atoms with Crippen molar-refractivity contribution in [2.24, 2.45) is 0 Å². The number of benzene rings is 2. The van der Waals surface area contributed by atoms with E-state index >= 15 is 0 Å². The van der Waals surface area contributed by atoms with Crippen molar-refractivity contribution in [1.82, 2.24) is 10.3 Å². The van der Waals surface area contributed by atoms with E-state index in [-0.39, 0.29) is 5.82 Å². The van der Waals surface area contributed by atoms with Gasteiger partial charge in [0, 0.05) is 29.6 Å². The number of nitrogens with one attached hydrogen (secondary N) is 1. The molecule has 3 aromatic rings. The van der Waals surface area contributed by atoms with E-state index in [1.165, 1.54) is 19.1 Å². The van der Waals surface area contributed by atoms with Crippen LogP contribution >= 0.6 is 11.3 Å². The number of carbonyl (C=O) groups is 2. The Balaban J connectivity index is 1.72. The highest BCUT2D eigenvalue weighted by Crippen LogP contribution is 2.29. The molecule has 1 unspecified atom stereocenters. The Bertz CT molecular complexity index is 1050. The largest absolute Gasteiger partial charge is 0.480 e. The second-order valence-corrected chi connectivity index (χ2v) is 8.36. The van der Waals surface area contributed by atoms with Gasteiger partial charge in [-0.05, 0) is 55.3 Å². The summed E-state index contributed by atoms with van der Waals surface area (Å²) >= 11 is 1.55. The van der Waals surface area contributed by atoms with Crippen molar-refractivity contribution in [3.8, 4) is 11.3 Å². The van der Waals surface area contributed by atoms with Gasteiger partial charge in [-0.15, -0.1) is 11.3 Å². The molecule has 0 aliphatic heterocycles. The fourth-order valence-electron chi connectivity index (χ4n) is 3.08. The van der Waals surface area contributed by atoms with E-state index in [1.807, 2.05) is 17.5 Å². The second-order valence-electron chi connectivity index (χ2n) is 7.53. The topological polar surface area (TPSA) is 82.5 Å². The Morgan fingerprint density at radius 3 is 2.47 bits per heavy atom. The highest BCUT2D eigenvalue weighted by molar-refractivity contribution is 7.14. The summed E-state index contributed by atoms with van der Waals surface area (Å²) in [5.41, 5.74) is 3.11. The summed E-state index contributed by atoms with van der Waals surface area (Å²) in [7, 11) is 0. The Kier molecular flexibility index (Phi) is 7.94. The molecule has 0 fully saturated rings. The van der Waals surface area contributed by atoms with Crippen LogP contribution < -0.4 is 10.2 Å². The molecule has 2 N–H and O–H groups in total. The summed E-state index contributed by atoms with van der Waals surface area (Å²) in [6, 6.07) is 12.5. The number of carboxylic acid groups (broad SMARTS) is 1. The Morgan fingerprint density at radius 1 is 1.16 bits per heavy atom. The van der Waals surface area contributed by atoms with Crippen LogP contribution in [0.3, 0.4) is 0 Å². The van der Waals surface area contributed by atoms with E-state index in [9.17, 15) is 14.0 Å². The maximum absolute atomic E-state index is 13.2. The first-order valence-corrected chi connectivity index (χ1v) is 11.3. The molecule has 1 aromatic heterocycles. The first-order valence-electron chi connectivity index (χ1n) is 10.5. The number of carbonyl (C=O) groups excluding carboxylic acids is 1. The average molecular weight is 456 g/mol. The highest BCUT2D eigenvalue weighted by atomic mass is 32.1. The van der Waals surface area contributed by atoms with Gasteiger partial charge in [0.05, 0.1) is 5.69 Å². The van der Waals surface area contributed by atoms with Crippen LogP contribution in [0.5, 0.6) is 0 Å². The summed E-state index contributed by atoms with van der Waals surface area (Å²) < 4.78 is 13.2. The molecule has 1 heterocycles. The van der Waals surface area contributed by atoms with Crippen molar-refractivity contribution in [3.63, 3.8) is 0 Å². The monoisotopic (exact) mass is 455 g/mol. The van der Waals surface area contributed by atoms with Gasteiger partial charge in [-0.1, -0.05) is 25.5 Å². The van der Waals surface area contributed by atoms with Crippen LogP contribution in [0, 0.1) is 5.82 Å². The minimum Gasteiger partial charge on any atom is -0.480 e. The van der Waals surface area contributed by atoms with E-state index in [1.54, 1.807) is 35.6 Å². The SMILES string of the molecule is CCCCN(Cc1ccc(C(=O)NC(C)C(=O)O)cc1)c1nc(-c2ccc(F)cc2)cs1. The van der Waals surface area contributed by atoms with Gasteiger partial charge in [0.1, 0.15) is 11.9 Å². The van der Waals surface area contributed by atoms with Gasteiger partial charge in [0.2, 0.25) is 0 Å². The first-order chi connectivity index (χ1) is 15.4. The Labute approximate surface area is 190 Å². The number of rotatable bonds is 10. The number of hydrogen-bond donors (Lipinski definition) is 2. The van der Waals surface area contributed by atoms with Gasteiger partial charge in [-0.3, -0.25) is 9.59 Å². The number of anilines is 1. The predicted octanol–water partition coefficient (Wildman–Crippen LogP) is 4.96. The van der Waals surface area contributed by atoms with Crippen molar-refractivity contribution in [1.29, 1.82) is 0 Å². The second kappa shape index (κ2) is 10.9. The fraction of sp³-hybridized carbons (Fsp3) is 0.292. The predicted molar refractivity (Wildman–Crippen MR) is 124 cm³/mol. The van der Waals surface area contributed by atoms with Crippen molar-refractivity contribution in [2.45, 2.75) is 39.3 Å². The zero-order valence-corrected chi connectivity index (χ0v) is 18.9. The summed E-state index contributed by atoms with van der Waals surface area (Å²) in [5.74, 6) is -1.77. The van der Waals surface area contributed by atoms with Crippen LogP contribution in [0.25, 0.3) is 11.3 Å². The lowest BCUT2D eigenvalue weighted by atomic mass is 10.1. The zero-order valence-electron chi connectivity index (χ0n) is 18.0. The van der Waals surface area contributed by atoms with Gasteiger partial charge >= 0.3 is 5.97 Å². The molecule has 8 heteroatoms. The lowest BCUT2D eigenvalue weighted by Gasteiger charge is -2.22. The zero-order chi connectivity index (χ0) is 23.1. The first kappa shape index (κ1) is 23.4. The van der Waals surface area contributed by atoms with Crippen LogP contribution in [-0.2, 0) is 11.3 Å². The van der Waals surface area contributed by atoms with Crippen LogP contribution in [0.15, 0.2) is 53.9 Å². The maximum atomic E-state index is 13.2. The molecule has 0 saturated carbocycles. The quantitative estimate of drug-likeness (QED) is 0.452. The molecule has 1 atom stereocenters. The normalized spacial score (nSPS) is 11.7. The van der Waals surface area contributed by atoms with Gasteiger partial charge in [0.25, 0.3) is 5.91 Å². The molecule has 6 nitrogen and oxygen atoms in total. The molecule has 0 saturated heterocycles. The molecule has 0 bridgehead atoms. The molecule has 0 aliphatic carbocycles. The molecule has 3 rings (SSSR count). The smallest absolute Gasteiger partial charge is 0.325 e. The Morgan fingerprint density at radius 2 is 1.84 bits per heavy atom. The van der Waals surface area contributed by atoms with Crippen LogP contribution in [-0.4, -0.2) is 34.6 Å². The number of hydrogen-bond acceptors (Lipinski definition) is 5. The fourth-order valence-corrected chi connectivity index (χ4v) is 3.94. The van der Waals surface area contributed by atoms with Crippen molar-refractivity contribution >= 4 is 28.3 Å². The van der Waals surface area contributed by atoms with Crippen LogP contribution in [0.1, 0.15) is 42.6 Å². The molecule has 32 heavy (non-hydrogen) atoms. The molecule has 168 valence electrons. The number of amides is 1. The molecule has 0 radical (unpaired) electrons. The minimum atomic E-state index is -1.08. The average Bonchev–Trinajstić information content (AvgIpc) is 3.27. The number of carboxylic acids is 1. The Hall–Kier alpha value is -3.26. The maximum Gasteiger partial charge on any atom is 0.325 e. The third-order valence-corrected chi connectivity index (χ3v) is 5.89. The van der Waals surface area contributed by atoms with Crippen molar-refractivity contribution in [3.05, 3.63) is 70.9 Å². The molecule has 2 aromatic carbocycles. The molecule has 1 amide bonds. The van der Waals surface area contributed by atoms with E-state index in [0.29, 0.717) is 12.1 Å². The highest BCUT2D eigenvalue weighted by Gasteiger charge is 2.16. The summed E-state index contributed by atoms with van der Waals surface area (Å²) in [6.07, 6.45) is 2.06. The number of halogens is 1. The molecular formula is C24H26FN3O3S. The van der Waals surface area contributed by atoms with Crippen LogP contribution in [0.4, 0.5) is 9.52 Å². The summed E-state index contributed by atoms with van der Waals surface area (Å²) in [5, 5.41) is 14.3. The van der Waals surface area contributed by atoms with Gasteiger partial charge in [-0.2, -0.15) is 0 Å². The van der Waals surface area contributed by atoms with Gasteiger partial charge < -0.3 is 15.3 Å². The molecule has 0 aliphatic rings. The number of aromatic nitrogens is 1. The van der Waals surface area contributed by atoms with E-state index in [2.05, 4.69) is 17.1 Å². The minimum absolute atomic E-state index is 0.275. The van der Waals surface area contributed by atoms with Gasteiger partial charge in [-0.25, -0.2) is 9.37 Å². The third kappa shape index (κ3) is 6.13. The van der Waals surface area contributed by atoms with Crippen molar-refractivity contribution in [2.75, 3.05) is 11.4 Å². The standard InChI is InChI=1S/C24H26FN3O3S/c1-3-4-13-28(24-27-21(15-32-24)18-9-11-20(25)12-10-18)14-17-5-7-19(8-6-17)22(29)26-16(2)23(30)31/h5-12,15-16H,3-4,13-14H2,1-2H3,(H,26,29)(H,30,31). The third-order valence-electron chi connectivity index (χ3n) is 4.99. The van der Waals surface area contributed by atoms with E-state index in [4.69, 9.17) is 10.1 Å². The number of thiazole rings is 1. The van der Waals surface area contributed by atoms with Crippen LogP contribution in [0.2, 0.25) is 0 Å². The molecular weight excluding hydrogens is 429 g/mol. The molecule has 0 spiro atoms. The lowest BCUT2D eigenvalue weighted by molar-refractivity contribution is -0.138. The van der Waals surface area contributed by atoms with Crippen molar-refractivity contribution < 1.29 is 19.1 Å². The van der Waals surface area contributed by atoms with Gasteiger partial charge in [0.15, 0.2) is 5.13 Å². The van der Waals surface area contributed by atoms with E-state index in [0.717, 1.165) is 41.3 Å².